The molecule has 0 radical (unpaired) electrons. The SMILES string of the molecule is C[Si](C)(C)O[Si](C)(CCCOCCOOOOOOCC=O)O[Si](C)(C)C. The Morgan fingerprint density at radius 2 is 1.26 bits per heavy atom. The van der Waals surface area contributed by atoms with Crippen molar-refractivity contribution in [3.63, 3.8) is 0 Å². The average Bonchev–Trinajstić information content (AvgIpc) is 2.48. The third-order valence-corrected chi connectivity index (χ3v) is 12.2. The molecule has 0 heterocycles. The summed E-state index contributed by atoms with van der Waals surface area (Å²) in [7, 11) is -5.57. The molecule has 0 aromatic carbocycles. The quantitative estimate of drug-likeness (QED) is 0.103. The van der Waals surface area contributed by atoms with E-state index in [-0.39, 0.29) is 13.2 Å². The van der Waals surface area contributed by atoms with Crippen LogP contribution < -0.4 is 0 Å². The molecule has 0 aromatic heterocycles. The van der Waals surface area contributed by atoms with Crippen molar-refractivity contribution >= 4 is 31.5 Å². The van der Waals surface area contributed by atoms with Gasteiger partial charge in [-0.2, -0.15) is 4.89 Å². The molecule has 0 aromatic rings. The summed E-state index contributed by atoms with van der Waals surface area (Å²) < 4.78 is 18.3. The number of carbonyl (C=O) groups excluding carboxylic acids is 1. The van der Waals surface area contributed by atoms with Crippen LogP contribution in [0.25, 0.3) is 0 Å². The van der Waals surface area contributed by atoms with E-state index in [2.05, 4.69) is 75.8 Å². The van der Waals surface area contributed by atoms with Crippen molar-refractivity contribution in [1.82, 2.24) is 0 Å². The Bertz CT molecular complexity index is 370. The Labute approximate surface area is 164 Å². The van der Waals surface area contributed by atoms with Crippen LogP contribution in [0.15, 0.2) is 0 Å². The largest absolute Gasteiger partial charge is 0.437 e. The van der Waals surface area contributed by atoms with Gasteiger partial charge in [-0.15, -0.1) is 0 Å². The van der Waals surface area contributed by atoms with Crippen molar-refractivity contribution in [2.24, 2.45) is 0 Å². The monoisotopic (exact) mass is 446 g/mol. The second-order valence-electron chi connectivity index (χ2n) is 7.82. The Hall–Kier alpha value is -0.0394. The van der Waals surface area contributed by atoms with Gasteiger partial charge in [0.2, 0.25) is 0 Å². The maximum atomic E-state index is 9.88. The van der Waals surface area contributed by atoms with Crippen LogP contribution in [0.1, 0.15) is 6.42 Å². The molecule has 0 aliphatic heterocycles. The van der Waals surface area contributed by atoms with Gasteiger partial charge in [0, 0.05) is 6.61 Å². The van der Waals surface area contributed by atoms with Crippen molar-refractivity contribution in [2.75, 3.05) is 26.4 Å². The smallest absolute Gasteiger partial charge is 0.314 e. The fraction of sp³-hybridized carbons (Fsp3) is 0.929. The molecule has 13 heteroatoms. The van der Waals surface area contributed by atoms with Crippen molar-refractivity contribution < 1.29 is 47.7 Å². The molecule has 0 bridgehead atoms. The summed E-state index contributed by atoms with van der Waals surface area (Å²) in [5.41, 5.74) is 0. The third kappa shape index (κ3) is 19.1. The number of hydrogen-bond donors (Lipinski definition) is 0. The molecular formula is C14H34O10Si3. The fourth-order valence-electron chi connectivity index (χ4n) is 2.26. The number of rotatable bonds is 18. The zero-order valence-electron chi connectivity index (χ0n) is 17.4. The zero-order chi connectivity index (χ0) is 20.8. The number of carbonyl (C=O) groups is 1. The predicted octanol–water partition coefficient (Wildman–Crippen LogP) is 3.04. The maximum absolute atomic E-state index is 9.88. The van der Waals surface area contributed by atoms with E-state index < -0.39 is 25.2 Å². The fourth-order valence-corrected chi connectivity index (χ4v) is 14.8. The third-order valence-electron chi connectivity index (χ3n) is 2.59. The van der Waals surface area contributed by atoms with Crippen LogP contribution in [0.3, 0.4) is 0 Å². The highest BCUT2D eigenvalue weighted by Gasteiger charge is 2.39. The van der Waals surface area contributed by atoms with Gasteiger partial charge in [-0.05, 0) is 78.4 Å². The summed E-state index contributed by atoms with van der Waals surface area (Å²) in [4.78, 5) is 18.7. The van der Waals surface area contributed by atoms with E-state index in [1.54, 1.807) is 0 Å². The molecule has 0 unspecified atom stereocenters. The van der Waals surface area contributed by atoms with Gasteiger partial charge >= 0.3 is 8.56 Å². The Morgan fingerprint density at radius 1 is 0.704 bits per heavy atom. The molecule has 0 N–H and O–H groups in total. The topological polar surface area (TPSA) is 100 Å². The van der Waals surface area contributed by atoms with E-state index in [0.717, 1.165) is 12.5 Å². The molecule has 0 saturated heterocycles. The second-order valence-corrected chi connectivity index (χ2v) is 20.7. The highest BCUT2D eigenvalue weighted by atomic mass is 28.5. The molecule has 0 spiro atoms. The summed E-state index contributed by atoms with van der Waals surface area (Å²) >= 11 is 0. The molecule has 0 amide bonds. The predicted molar refractivity (Wildman–Crippen MR) is 103 cm³/mol. The van der Waals surface area contributed by atoms with Crippen molar-refractivity contribution in [1.29, 1.82) is 0 Å². The van der Waals surface area contributed by atoms with Crippen LogP contribution in [-0.2, 0) is 47.7 Å². The van der Waals surface area contributed by atoms with E-state index >= 15 is 0 Å². The standard InChI is InChI=1S/C14H34O10Si3/c1-25(2,3)23-27(7,24-26(4,5)6)14-8-10-16-12-13-18-20-22-21-19-17-11-9-15/h9H,8,10-14H2,1-7H3. The Balaban J connectivity index is 3.81. The van der Waals surface area contributed by atoms with Crippen molar-refractivity contribution in [2.45, 2.75) is 58.3 Å². The van der Waals surface area contributed by atoms with Gasteiger partial charge in [-0.3, -0.25) is 0 Å². The summed E-state index contributed by atoms with van der Waals surface area (Å²) in [6.07, 6.45) is 1.32. The lowest BCUT2D eigenvalue weighted by Crippen LogP contribution is -2.52. The van der Waals surface area contributed by atoms with Crippen molar-refractivity contribution in [3.05, 3.63) is 0 Å². The average molecular weight is 447 g/mol. The van der Waals surface area contributed by atoms with Gasteiger partial charge in [-0.25, -0.2) is 4.89 Å². The number of aldehydes is 1. The van der Waals surface area contributed by atoms with Gasteiger partial charge in [-0.1, -0.05) is 0 Å². The van der Waals surface area contributed by atoms with E-state index in [9.17, 15) is 4.79 Å². The Morgan fingerprint density at radius 3 is 1.78 bits per heavy atom. The first-order chi connectivity index (χ1) is 12.5. The minimum absolute atomic E-state index is 0.129. The normalized spacial score (nSPS) is 13.1. The van der Waals surface area contributed by atoms with Gasteiger partial charge in [0.1, 0.15) is 19.5 Å². The molecule has 0 aliphatic carbocycles. The van der Waals surface area contributed by atoms with E-state index in [4.69, 9.17) is 13.0 Å². The van der Waals surface area contributed by atoms with E-state index in [1.807, 2.05) is 0 Å². The first-order valence-electron chi connectivity index (χ1n) is 8.80. The first-order valence-corrected chi connectivity index (χ1v) is 18.1. The summed E-state index contributed by atoms with van der Waals surface area (Å²) in [5, 5.41) is 16.0. The van der Waals surface area contributed by atoms with E-state index in [0.29, 0.717) is 19.5 Å². The maximum Gasteiger partial charge on any atom is 0.314 e. The number of ether oxygens (including phenoxy) is 1. The van der Waals surface area contributed by atoms with Crippen LogP contribution in [0.4, 0.5) is 0 Å². The highest BCUT2D eigenvalue weighted by molar-refractivity contribution is 6.87. The molecule has 0 rings (SSSR count). The summed E-state index contributed by atoms with van der Waals surface area (Å²) in [5.74, 6) is 0. The Kier molecular flexibility index (Phi) is 14.0. The summed E-state index contributed by atoms with van der Waals surface area (Å²) in [6, 6.07) is 0.883. The van der Waals surface area contributed by atoms with Crippen LogP contribution >= 0.6 is 0 Å². The van der Waals surface area contributed by atoms with Gasteiger partial charge in [0.15, 0.2) is 16.6 Å². The van der Waals surface area contributed by atoms with E-state index in [1.165, 1.54) is 0 Å². The molecule has 0 aliphatic rings. The van der Waals surface area contributed by atoms with Crippen LogP contribution in [0.2, 0.25) is 51.9 Å². The molecule has 162 valence electrons. The van der Waals surface area contributed by atoms with Gasteiger partial charge < -0.3 is 17.8 Å². The van der Waals surface area contributed by atoms with Crippen molar-refractivity contribution in [3.8, 4) is 0 Å². The minimum atomic E-state index is -2.22. The molecular weight excluding hydrogens is 412 g/mol. The zero-order valence-corrected chi connectivity index (χ0v) is 20.4. The highest BCUT2D eigenvalue weighted by Crippen LogP contribution is 2.25. The molecule has 0 saturated carbocycles. The van der Waals surface area contributed by atoms with Crippen LogP contribution in [0.5, 0.6) is 0 Å². The minimum Gasteiger partial charge on any atom is -0.437 e. The van der Waals surface area contributed by atoms with Gasteiger partial charge in [0.25, 0.3) is 0 Å². The lowest BCUT2D eigenvalue weighted by Gasteiger charge is -2.38. The van der Waals surface area contributed by atoms with Crippen LogP contribution in [0, 0.1) is 0 Å². The lowest BCUT2D eigenvalue weighted by atomic mass is 10.5. The van der Waals surface area contributed by atoms with Gasteiger partial charge in [0.05, 0.1) is 6.61 Å². The summed E-state index contributed by atoms with van der Waals surface area (Å²) in [6.45, 7) is 16.0. The molecule has 0 atom stereocenters. The lowest BCUT2D eigenvalue weighted by molar-refractivity contribution is -0.755. The second kappa shape index (κ2) is 14.0. The molecule has 0 fully saturated rings. The van der Waals surface area contributed by atoms with Crippen LogP contribution in [-0.4, -0.2) is 57.9 Å². The molecule has 27 heavy (non-hydrogen) atoms. The first kappa shape index (κ1) is 27.0. The number of hydrogen-bond acceptors (Lipinski definition) is 10. The molecule has 10 nitrogen and oxygen atoms in total.